The van der Waals surface area contributed by atoms with Gasteiger partial charge in [-0.3, -0.25) is 13.9 Å². The average molecular weight is 484 g/mol. The van der Waals surface area contributed by atoms with Crippen LogP contribution >= 0.6 is 0 Å². The minimum absolute atomic E-state index is 0.0411. The van der Waals surface area contributed by atoms with Crippen LogP contribution in [0, 0.1) is 11.8 Å². The Morgan fingerprint density at radius 3 is 2.29 bits per heavy atom. The van der Waals surface area contributed by atoms with Gasteiger partial charge in [-0.25, -0.2) is 8.42 Å². The molecule has 34 heavy (non-hydrogen) atoms. The maximum absolute atomic E-state index is 13.2. The van der Waals surface area contributed by atoms with Gasteiger partial charge in [0, 0.05) is 44.7 Å². The number of carbonyl (C=O) groups is 2. The molecule has 0 bridgehead atoms. The topological polar surface area (TPSA) is 78.0 Å². The molecular formula is C26H33N3O4S. The van der Waals surface area contributed by atoms with E-state index in [-0.39, 0.29) is 22.6 Å². The highest BCUT2D eigenvalue weighted by atomic mass is 32.2. The summed E-state index contributed by atoms with van der Waals surface area (Å²) in [6, 6.07) is 15.0. The van der Waals surface area contributed by atoms with Crippen molar-refractivity contribution in [2.75, 3.05) is 37.5 Å². The summed E-state index contributed by atoms with van der Waals surface area (Å²) in [6.07, 6.45) is 3.52. The highest BCUT2D eigenvalue weighted by Crippen LogP contribution is 2.26. The lowest BCUT2D eigenvalue weighted by Crippen LogP contribution is -2.47. The Morgan fingerprint density at radius 2 is 1.62 bits per heavy atom. The molecule has 0 aliphatic carbocycles. The fourth-order valence-corrected chi connectivity index (χ4v) is 6.13. The van der Waals surface area contributed by atoms with E-state index in [9.17, 15) is 18.0 Å². The van der Waals surface area contributed by atoms with Gasteiger partial charge < -0.3 is 9.80 Å². The Kier molecular flexibility index (Phi) is 7.26. The zero-order chi connectivity index (χ0) is 24.3. The van der Waals surface area contributed by atoms with Crippen LogP contribution in [0.15, 0.2) is 59.5 Å². The Labute approximate surface area is 202 Å². The smallest absolute Gasteiger partial charge is 0.264 e. The van der Waals surface area contributed by atoms with Crippen LogP contribution in [0.2, 0.25) is 0 Å². The van der Waals surface area contributed by atoms with Gasteiger partial charge in [-0.2, -0.15) is 0 Å². The standard InChI is InChI=1S/C26H33N3O4S/c1-20-8-7-15-29(19-20)25(30)21-13-16-28(17-14-21)26(31)22-9-6-12-24(18-22)34(32,33)27(2)23-10-4-3-5-11-23/h3-6,9-12,18,20-21H,7-8,13-17,19H2,1-2H3/t20-/m1/s1. The fourth-order valence-electron chi connectivity index (χ4n) is 4.88. The lowest BCUT2D eigenvalue weighted by Gasteiger charge is -2.37. The van der Waals surface area contributed by atoms with E-state index in [4.69, 9.17) is 0 Å². The normalized spacial score (nSPS) is 19.6. The second-order valence-corrected chi connectivity index (χ2v) is 11.4. The van der Waals surface area contributed by atoms with Gasteiger partial charge in [0.25, 0.3) is 15.9 Å². The molecule has 2 saturated heterocycles. The molecule has 2 heterocycles. The molecular weight excluding hydrogens is 450 g/mol. The number of benzene rings is 2. The monoisotopic (exact) mass is 483 g/mol. The number of nitrogens with zero attached hydrogens (tertiary/aromatic N) is 3. The van der Waals surface area contributed by atoms with Crippen LogP contribution < -0.4 is 4.31 Å². The number of hydrogen-bond acceptors (Lipinski definition) is 4. The molecule has 4 rings (SSSR count). The largest absolute Gasteiger partial charge is 0.342 e. The van der Waals surface area contributed by atoms with E-state index in [0.717, 1.165) is 19.5 Å². The van der Waals surface area contributed by atoms with E-state index in [1.807, 2.05) is 11.0 Å². The molecule has 0 saturated carbocycles. The van der Waals surface area contributed by atoms with Crippen LogP contribution in [-0.4, -0.2) is 63.3 Å². The number of carbonyl (C=O) groups excluding carboxylic acids is 2. The number of amides is 2. The van der Waals surface area contributed by atoms with Crippen molar-refractivity contribution in [3.63, 3.8) is 0 Å². The van der Waals surface area contributed by atoms with E-state index in [2.05, 4.69) is 6.92 Å². The summed E-state index contributed by atoms with van der Waals surface area (Å²) < 4.78 is 27.5. The molecule has 8 heteroatoms. The van der Waals surface area contributed by atoms with Crippen molar-refractivity contribution in [2.45, 2.75) is 37.5 Å². The summed E-state index contributed by atoms with van der Waals surface area (Å²) in [5.74, 6) is 0.525. The van der Waals surface area contributed by atoms with Gasteiger partial charge >= 0.3 is 0 Å². The summed E-state index contributed by atoms with van der Waals surface area (Å²) >= 11 is 0. The van der Waals surface area contributed by atoms with Gasteiger partial charge in [0.15, 0.2) is 0 Å². The SMILES string of the molecule is C[C@@H]1CCCN(C(=O)C2CCN(C(=O)c3cccc(S(=O)(=O)N(C)c4ccccc4)c3)CC2)C1. The van der Waals surface area contributed by atoms with Crippen LogP contribution in [0.3, 0.4) is 0 Å². The molecule has 2 amide bonds. The number of piperidine rings is 2. The molecule has 2 aromatic rings. The van der Waals surface area contributed by atoms with E-state index in [1.165, 1.54) is 29.9 Å². The molecule has 0 radical (unpaired) electrons. The molecule has 2 aliphatic rings. The Morgan fingerprint density at radius 1 is 0.912 bits per heavy atom. The first-order valence-electron chi connectivity index (χ1n) is 12.0. The molecule has 0 aromatic heterocycles. The molecule has 2 aromatic carbocycles. The van der Waals surface area contributed by atoms with Crippen molar-refractivity contribution in [3.8, 4) is 0 Å². The zero-order valence-corrected chi connectivity index (χ0v) is 20.7. The maximum atomic E-state index is 13.2. The molecule has 1 atom stereocenters. The van der Waals surface area contributed by atoms with Crippen LogP contribution in [0.25, 0.3) is 0 Å². The van der Waals surface area contributed by atoms with Gasteiger partial charge in [-0.1, -0.05) is 31.2 Å². The van der Waals surface area contributed by atoms with Gasteiger partial charge in [-0.15, -0.1) is 0 Å². The van der Waals surface area contributed by atoms with Crippen molar-refractivity contribution < 1.29 is 18.0 Å². The number of rotatable bonds is 5. The number of para-hydroxylation sites is 1. The van der Waals surface area contributed by atoms with Crippen molar-refractivity contribution in [2.24, 2.45) is 11.8 Å². The highest BCUT2D eigenvalue weighted by Gasteiger charge is 2.32. The second-order valence-electron chi connectivity index (χ2n) is 9.43. The maximum Gasteiger partial charge on any atom is 0.264 e. The first kappa shape index (κ1) is 24.3. The van der Waals surface area contributed by atoms with Crippen molar-refractivity contribution in [1.29, 1.82) is 0 Å². The lowest BCUT2D eigenvalue weighted by molar-refractivity contribution is -0.138. The van der Waals surface area contributed by atoms with Crippen molar-refractivity contribution in [1.82, 2.24) is 9.80 Å². The van der Waals surface area contributed by atoms with Crippen LogP contribution in [0.4, 0.5) is 5.69 Å². The average Bonchev–Trinajstić information content (AvgIpc) is 2.88. The van der Waals surface area contributed by atoms with Crippen LogP contribution in [0.5, 0.6) is 0 Å². The van der Waals surface area contributed by atoms with Crippen LogP contribution in [0.1, 0.15) is 43.0 Å². The van der Waals surface area contributed by atoms with Gasteiger partial charge in [0.1, 0.15) is 0 Å². The molecule has 0 unspecified atom stereocenters. The Hall–Kier alpha value is -2.87. The fraction of sp³-hybridized carbons (Fsp3) is 0.462. The van der Waals surface area contributed by atoms with Crippen molar-refractivity contribution >= 4 is 27.5 Å². The lowest BCUT2D eigenvalue weighted by atomic mass is 9.92. The minimum Gasteiger partial charge on any atom is -0.342 e. The number of anilines is 1. The quantitative estimate of drug-likeness (QED) is 0.651. The predicted octanol–water partition coefficient (Wildman–Crippen LogP) is 3.62. The van der Waals surface area contributed by atoms with Gasteiger partial charge in [0.05, 0.1) is 10.6 Å². The number of likely N-dealkylation sites (tertiary alicyclic amines) is 2. The summed E-state index contributed by atoms with van der Waals surface area (Å²) in [6.45, 7) is 4.85. The van der Waals surface area contributed by atoms with E-state index in [0.29, 0.717) is 43.1 Å². The Balaban J connectivity index is 1.41. The summed E-state index contributed by atoms with van der Waals surface area (Å²) in [5, 5.41) is 0. The Bertz CT molecular complexity index is 1130. The molecule has 2 fully saturated rings. The van der Waals surface area contributed by atoms with E-state index < -0.39 is 10.0 Å². The third kappa shape index (κ3) is 5.12. The number of hydrogen-bond donors (Lipinski definition) is 0. The van der Waals surface area contributed by atoms with Crippen molar-refractivity contribution in [3.05, 3.63) is 60.2 Å². The molecule has 0 spiro atoms. The van der Waals surface area contributed by atoms with E-state index >= 15 is 0 Å². The predicted molar refractivity (Wildman–Crippen MR) is 132 cm³/mol. The summed E-state index contributed by atoms with van der Waals surface area (Å²) in [5.41, 5.74) is 0.895. The first-order valence-corrected chi connectivity index (χ1v) is 13.4. The molecule has 182 valence electrons. The third-order valence-electron chi connectivity index (χ3n) is 6.96. The second kappa shape index (κ2) is 10.2. The minimum atomic E-state index is -3.80. The summed E-state index contributed by atoms with van der Waals surface area (Å²) in [4.78, 5) is 29.9. The van der Waals surface area contributed by atoms with E-state index in [1.54, 1.807) is 41.3 Å². The molecule has 0 N–H and O–H groups in total. The number of sulfonamides is 1. The zero-order valence-electron chi connectivity index (χ0n) is 19.9. The molecule has 2 aliphatic heterocycles. The highest BCUT2D eigenvalue weighted by molar-refractivity contribution is 7.92. The van der Waals surface area contributed by atoms with Gasteiger partial charge in [0.2, 0.25) is 5.91 Å². The summed E-state index contributed by atoms with van der Waals surface area (Å²) in [7, 11) is -2.30. The first-order chi connectivity index (χ1) is 16.3. The molecule has 7 nitrogen and oxygen atoms in total. The third-order valence-corrected chi connectivity index (χ3v) is 8.74. The van der Waals surface area contributed by atoms with Gasteiger partial charge in [-0.05, 0) is 61.9 Å². The van der Waals surface area contributed by atoms with Crippen LogP contribution in [-0.2, 0) is 14.8 Å².